The van der Waals surface area contributed by atoms with Gasteiger partial charge in [-0.15, -0.1) is 0 Å². The van der Waals surface area contributed by atoms with Crippen LogP contribution in [-0.4, -0.2) is 60.1 Å². The van der Waals surface area contributed by atoms with Crippen molar-refractivity contribution in [2.45, 2.75) is 32.6 Å². The summed E-state index contributed by atoms with van der Waals surface area (Å²) in [5.74, 6) is -0.636. The lowest BCUT2D eigenvalue weighted by Gasteiger charge is -2.38. The summed E-state index contributed by atoms with van der Waals surface area (Å²) in [6.07, 6.45) is 4.49. The van der Waals surface area contributed by atoms with Gasteiger partial charge in [-0.2, -0.15) is 0 Å². The van der Waals surface area contributed by atoms with Crippen molar-refractivity contribution in [3.63, 3.8) is 0 Å². The number of carboxylic acid groups (broad SMARTS) is 1. The Bertz CT molecular complexity index is 277. The van der Waals surface area contributed by atoms with E-state index in [1.54, 1.807) is 0 Å². The number of carbonyl (C=O) groups is 1. The molecule has 17 heavy (non-hydrogen) atoms. The molecule has 2 aliphatic heterocycles. The smallest absolute Gasteiger partial charge is 0.310 e. The Balaban J connectivity index is 1.78. The molecule has 1 unspecified atom stereocenters. The first-order chi connectivity index (χ1) is 8.10. The van der Waals surface area contributed by atoms with E-state index >= 15 is 0 Å². The van der Waals surface area contributed by atoms with Crippen molar-refractivity contribution in [2.24, 2.45) is 5.41 Å². The summed E-state index contributed by atoms with van der Waals surface area (Å²) in [4.78, 5) is 16.1. The number of piperidine rings is 1. The Morgan fingerprint density at radius 1 is 1.12 bits per heavy atom. The molecule has 4 nitrogen and oxygen atoms in total. The summed E-state index contributed by atoms with van der Waals surface area (Å²) < 4.78 is 0. The van der Waals surface area contributed by atoms with Crippen LogP contribution in [0.15, 0.2) is 0 Å². The van der Waals surface area contributed by atoms with Crippen LogP contribution >= 0.6 is 0 Å². The highest BCUT2D eigenvalue weighted by Crippen LogP contribution is 2.29. The standard InChI is InChI=1S/C13H24N2O2/c1-13(12(16)17)5-4-8-15(11-13)10-9-14-6-2-3-7-14/h2-11H2,1H3,(H,16,17). The van der Waals surface area contributed by atoms with Crippen LogP contribution in [0, 0.1) is 5.41 Å². The maximum absolute atomic E-state index is 11.2. The van der Waals surface area contributed by atoms with Crippen molar-refractivity contribution in [1.82, 2.24) is 9.80 Å². The van der Waals surface area contributed by atoms with Gasteiger partial charge in [0.1, 0.15) is 0 Å². The van der Waals surface area contributed by atoms with E-state index in [2.05, 4.69) is 9.80 Å². The van der Waals surface area contributed by atoms with E-state index in [0.29, 0.717) is 0 Å². The zero-order valence-corrected chi connectivity index (χ0v) is 10.8. The van der Waals surface area contributed by atoms with E-state index < -0.39 is 11.4 Å². The molecule has 0 spiro atoms. The van der Waals surface area contributed by atoms with Gasteiger partial charge < -0.3 is 14.9 Å². The lowest BCUT2D eigenvalue weighted by Crippen LogP contribution is -2.47. The van der Waals surface area contributed by atoms with E-state index in [1.807, 2.05) is 6.92 Å². The Labute approximate surface area is 104 Å². The Morgan fingerprint density at radius 3 is 2.35 bits per heavy atom. The topological polar surface area (TPSA) is 43.8 Å². The fourth-order valence-electron chi connectivity index (χ4n) is 3.00. The average Bonchev–Trinajstić information content (AvgIpc) is 2.79. The Morgan fingerprint density at radius 2 is 1.71 bits per heavy atom. The number of aliphatic carboxylic acids is 1. The monoisotopic (exact) mass is 240 g/mol. The summed E-state index contributed by atoms with van der Waals surface area (Å²) in [5, 5.41) is 9.26. The van der Waals surface area contributed by atoms with E-state index in [1.165, 1.54) is 25.9 Å². The van der Waals surface area contributed by atoms with Gasteiger partial charge in [-0.1, -0.05) is 0 Å². The predicted molar refractivity (Wildman–Crippen MR) is 67.1 cm³/mol. The molecule has 1 N–H and O–H groups in total. The third-order valence-electron chi connectivity index (χ3n) is 4.22. The zero-order valence-electron chi connectivity index (χ0n) is 10.8. The zero-order chi connectivity index (χ0) is 12.3. The number of nitrogens with zero attached hydrogens (tertiary/aromatic N) is 2. The van der Waals surface area contributed by atoms with Gasteiger partial charge in [0.15, 0.2) is 0 Å². The van der Waals surface area contributed by atoms with Crippen LogP contribution < -0.4 is 0 Å². The summed E-state index contributed by atoms with van der Waals surface area (Å²) in [5.41, 5.74) is -0.525. The molecule has 0 aliphatic carbocycles. The second-order valence-corrected chi connectivity index (χ2v) is 5.79. The third-order valence-corrected chi connectivity index (χ3v) is 4.22. The first-order valence-corrected chi connectivity index (χ1v) is 6.78. The van der Waals surface area contributed by atoms with Crippen LogP contribution in [0.4, 0.5) is 0 Å². The van der Waals surface area contributed by atoms with E-state index in [9.17, 15) is 9.90 Å². The largest absolute Gasteiger partial charge is 0.481 e. The van der Waals surface area contributed by atoms with Gasteiger partial charge in [-0.25, -0.2) is 0 Å². The molecule has 2 saturated heterocycles. The molecule has 0 aromatic rings. The molecule has 0 amide bonds. The minimum atomic E-state index is -0.636. The van der Waals surface area contributed by atoms with Crippen molar-refractivity contribution in [2.75, 3.05) is 39.3 Å². The molecule has 0 aromatic heterocycles. The Kier molecular flexibility index (Phi) is 4.05. The molecule has 98 valence electrons. The minimum Gasteiger partial charge on any atom is -0.481 e. The van der Waals surface area contributed by atoms with Crippen LogP contribution in [-0.2, 0) is 4.79 Å². The number of hydrogen-bond acceptors (Lipinski definition) is 3. The molecular weight excluding hydrogens is 216 g/mol. The van der Waals surface area contributed by atoms with Gasteiger partial charge in [0.05, 0.1) is 5.41 Å². The van der Waals surface area contributed by atoms with Crippen LogP contribution in [0.2, 0.25) is 0 Å². The summed E-state index contributed by atoms with van der Waals surface area (Å²) in [6, 6.07) is 0. The third kappa shape index (κ3) is 3.19. The molecule has 4 heteroatoms. The van der Waals surface area contributed by atoms with Gasteiger partial charge in [0.25, 0.3) is 0 Å². The fraction of sp³-hybridized carbons (Fsp3) is 0.923. The maximum Gasteiger partial charge on any atom is 0.310 e. The maximum atomic E-state index is 11.2. The van der Waals surface area contributed by atoms with Crippen LogP contribution in [0.5, 0.6) is 0 Å². The quantitative estimate of drug-likeness (QED) is 0.803. The highest BCUT2D eigenvalue weighted by Gasteiger charge is 2.37. The molecule has 2 aliphatic rings. The molecule has 0 radical (unpaired) electrons. The van der Waals surface area contributed by atoms with Gasteiger partial charge in [0, 0.05) is 19.6 Å². The van der Waals surface area contributed by atoms with Crippen LogP contribution in [0.1, 0.15) is 32.6 Å². The van der Waals surface area contributed by atoms with Gasteiger partial charge in [-0.05, 0) is 52.2 Å². The van der Waals surface area contributed by atoms with Crippen molar-refractivity contribution in [3.05, 3.63) is 0 Å². The summed E-state index contributed by atoms with van der Waals surface area (Å²) in [7, 11) is 0. The van der Waals surface area contributed by atoms with Crippen molar-refractivity contribution in [1.29, 1.82) is 0 Å². The van der Waals surface area contributed by atoms with Gasteiger partial charge in [-0.3, -0.25) is 4.79 Å². The fourth-order valence-corrected chi connectivity index (χ4v) is 3.00. The first-order valence-electron chi connectivity index (χ1n) is 6.78. The molecule has 2 fully saturated rings. The number of likely N-dealkylation sites (tertiary alicyclic amines) is 2. The Hall–Kier alpha value is -0.610. The molecule has 1 atom stereocenters. The second-order valence-electron chi connectivity index (χ2n) is 5.79. The van der Waals surface area contributed by atoms with E-state index in [-0.39, 0.29) is 0 Å². The number of hydrogen-bond donors (Lipinski definition) is 1. The predicted octanol–water partition coefficient (Wildman–Crippen LogP) is 1.27. The second kappa shape index (κ2) is 5.36. The normalized spacial score (nSPS) is 31.8. The lowest BCUT2D eigenvalue weighted by molar-refractivity contribution is -0.151. The highest BCUT2D eigenvalue weighted by molar-refractivity contribution is 5.74. The molecule has 0 aromatic carbocycles. The van der Waals surface area contributed by atoms with Gasteiger partial charge >= 0.3 is 5.97 Å². The van der Waals surface area contributed by atoms with Crippen molar-refractivity contribution < 1.29 is 9.90 Å². The summed E-state index contributed by atoms with van der Waals surface area (Å²) in [6.45, 7) is 8.26. The van der Waals surface area contributed by atoms with Gasteiger partial charge in [0.2, 0.25) is 0 Å². The van der Waals surface area contributed by atoms with Crippen LogP contribution in [0.25, 0.3) is 0 Å². The molecular formula is C13H24N2O2. The molecule has 0 saturated carbocycles. The molecule has 2 rings (SSSR count). The summed E-state index contributed by atoms with van der Waals surface area (Å²) >= 11 is 0. The first kappa shape index (κ1) is 12.8. The van der Waals surface area contributed by atoms with Crippen molar-refractivity contribution >= 4 is 5.97 Å². The number of rotatable bonds is 4. The minimum absolute atomic E-state index is 0.525. The van der Waals surface area contributed by atoms with E-state index in [4.69, 9.17) is 0 Å². The molecule has 0 bridgehead atoms. The average molecular weight is 240 g/mol. The highest BCUT2D eigenvalue weighted by atomic mass is 16.4. The van der Waals surface area contributed by atoms with E-state index in [0.717, 1.165) is 39.0 Å². The number of carboxylic acids is 1. The molecule has 2 heterocycles. The van der Waals surface area contributed by atoms with Crippen molar-refractivity contribution in [3.8, 4) is 0 Å². The SMILES string of the molecule is CC1(C(=O)O)CCCN(CCN2CCCC2)C1. The lowest BCUT2D eigenvalue weighted by atomic mass is 9.82. The van der Waals surface area contributed by atoms with Crippen LogP contribution in [0.3, 0.4) is 0 Å².